The van der Waals surface area contributed by atoms with Crippen molar-refractivity contribution in [3.05, 3.63) is 72.4 Å². The molecule has 0 spiro atoms. The van der Waals surface area contributed by atoms with Crippen molar-refractivity contribution in [2.24, 2.45) is 0 Å². The van der Waals surface area contributed by atoms with Gasteiger partial charge in [-0.25, -0.2) is 14.6 Å². The summed E-state index contributed by atoms with van der Waals surface area (Å²) in [6.45, 7) is 0.777. The van der Waals surface area contributed by atoms with Gasteiger partial charge in [-0.3, -0.25) is 4.79 Å². The average Bonchev–Trinajstić information content (AvgIpc) is 3.09. The molecule has 0 bridgehead atoms. The summed E-state index contributed by atoms with van der Waals surface area (Å²) in [6, 6.07) is 13.8. The van der Waals surface area contributed by atoms with Crippen molar-refractivity contribution in [1.82, 2.24) is 24.6 Å². The number of carbonyl (C=O) groups is 1. The highest BCUT2D eigenvalue weighted by atomic mass is 16.2. The number of carbonyl (C=O) groups excluding carboxylic acids is 1. The highest BCUT2D eigenvalue weighted by Crippen LogP contribution is 2.34. The zero-order valence-electron chi connectivity index (χ0n) is 12.4. The molecule has 0 saturated carbocycles. The third kappa shape index (κ3) is 2.48. The van der Waals surface area contributed by atoms with Gasteiger partial charge in [0.2, 0.25) is 0 Å². The van der Waals surface area contributed by atoms with E-state index < -0.39 is 0 Å². The predicted molar refractivity (Wildman–Crippen MR) is 84.0 cm³/mol. The van der Waals surface area contributed by atoms with Gasteiger partial charge in [0.05, 0.1) is 6.04 Å². The second kappa shape index (κ2) is 5.64. The highest BCUT2D eigenvalue weighted by Gasteiger charge is 2.33. The topological polar surface area (TPSA) is 63.9 Å². The molecular formula is C17H15N5O. The van der Waals surface area contributed by atoms with Crippen molar-refractivity contribution in [2.75, 3.05) is 6.54 Å². The first kappa shape index (κ1) is 13.6. The Kier molecular flexibility index (Phi) is 3.34. The molecule has 0 radical (unpaired) electrons. The lowest BCUT2D eigenvalue weighted by molar-refractivity contribution is 0.0460. The van der Waals surface area contributed by atoms with Crippen LogP contribution in [0.5, 0.6) is 0 Å². The first-order chi connectivity index (χ1) is 11.3. The van der Waals surface area contributed by atoms with Gasteiger partial charge in [-0.1, -0.05) is 30.3 Å². The number of hydrogen-bond acceptors (Lipinski definition) is 4. The molecule has 1 fully saturated rings. The Labute approximate surface area is 133 Å². The second-order valence-corrected chi connectivity index (χ2v) is 5.46. The van der Waals surface area contributed by atoms with E-state index in [-0.39, 0.29) is 11.9 Å². The summed E-state index contributed by atoms with van der Waals surface area (Å²) in [4.78, 5) is 22.8. The summed E-state index contributed by atoms with van der Waals surface area (Å²) < 4.78 is 1.54. The zero-order valence-corrected chi connectivity index (χ0v) is 12.4. The van der Waals surface area contributed by atoms with Crippen LogP contribution in [0.2, 0.25) is 0 Å². The number of pyridine rings is 1. The molecule has 1 aromatic carbocycles. The monoisotopic (exact) mass is 305 g/mol. The van der Waals surface area contributed by atoms with Crippen LogP contribution in [0.3, 0.4) is 0 Å². The predicted octanol–water partition coefficient (Wildman–Crippen LogP) is 2.25. The van der Waals surface area contributed by atoms with Gasteiger partial charge in [0.1, 0.15) is 12.7 Å². The highest BCUT2D eigenvalue weighted by molar-refractivity contribution is 5.95. The number of benzene rings is 1. The van der Waals surface area contributed by atoms with Gasteiger partial charge >= 0.3 is 0 Å². The van der Waals surface area contributed by atoms with Crippen LogP contribution in [0.15, 0.2) is 61.3 Å². The van der Waals surface area contributed by atoms with Gasteiger partial charge in [-0.15, -0.1) is 0 Å². The lowest BCUT2D eigenvalue weighted by Gasteiger charge is -2.41. The van der Waals surface area contributed by atoms with E-state index in [4.69, 9.17) is 0 Å². The first-order valence-electron chi connectivity index (χ1n) is 7.50. The quantitative estimate of drug-likeness (QED) is 0.744. The van der Waals surface area contributed by atoms with E-state index in [1.165, 1.54) is 11.9 Å². The van der Waals surface area contributed by atoms with Crippen molar-refractivity contribution in [3.63, 3.8) is 0 Å². The maximum atomic E-state index is 12.8. The normalized spacial score (nSPS) is 16.9. The van der Waals surface area contributed by atoms with E-state index in [0.29, 0.717) is 11.4 Å². The Morgan fingerprint density at radius 2 is 2.04 bits per heavy atom. The van der Waals surface area contributed by atoms with Crippen LogP contribution >= 0.6 is 0 Å². The molecule has 0 aliphatic carbocycles. The summed E-state index contributed by atoms with van der Waals surface area (Å²) in [5, 5.41) is 4.05. The van der Waals surface area contributed by atoms with Gasteiger partial charge in [-0.2, -0.15) is 5.10 Å². The van der Waals surface area contributed by atoms with E-state index in [9.17, 15) is 4.79 Å². The molecule has 1 aliphatic heterocycles. The molecule has 23 heavy (non-hydrogen) atoms. The summed E-state index contributed by atoms with van der Waals surface area (Å²) in [7, 11) is 0. The summed E-state index contributed by atoms with van der Waals surface area (Å²) in [5.41, 5.74) is 1.80. The molecule has 6 nitrogen and oxygen atoms in total. The van der Waals surface area contributed by atoms with Gasteiger partial charge in [-0.05, 0) is 24.1 Å². The fourth-order valence-corrected chi connectivity index (χ4v) is 2.82. The van der Waals surface area contributed by atoms with E-state index in [1.807, 2.05) is 23.1 Å². The number of nitrogens with zero attached hydrogens (tertiary/aromatic N) is 5. The van der Waals surface area contributed by atoms with Crippen LogP contribution < -0.4 is 0 Å². The lowest BCUT2D eigenvalue weighted by Crippen LogP contribution is -2.45. The van der Waals surface area contributed by atoms with Crippen LogP contribution in [0.4, 0.5) is 0 Å². The number of aromatic nitrogens is 4. The molecule has 3 heterocycles. The minimum Gasteiger partial charge on any atom is -0.331 e. The van der Waals surface area contributed by atoms with E-state index >= 15 is 0 Å². The van der Waals surface area contributed by atoms with E-state index in [2.05, 4.69) is 27.2 Å². The number of likely N-dealkylation sites (tertiary alicyclic amines) is 1. The summed E-state index contributed by atoms with van der Waals surface area (Å²) in [6.07, 6.45) is 5.63. The Bertz CT molecular complexity index is 816. The third-order valence-electron chi connectivity index (χ3n) is 4.11. The van der Waals surface area contributed by atoms with Crippen LogP contribution in [0.25, 0.3) is 5.82 Å². The Hall–Kier alpha value is -3.02. The molecule has 1 atom stereocenters. The molecule has 2 aromatic heterocycles. The van der Waals surface area contributed by atoms with E-state index in [0.717, 1.165) is 13.0 Å². The van der Waals surface area contributed by atoms with Crippen LogP contribution in [-0.4, -0.2) is 37.1 Å². The Balaban J connectivity index is 1.59. The van der Waals surface area contributed by atoms with Crippen molar-refractivity contribution < 1.29 is 4.79 Å². The van der Waals surface area contributed by atoms with Crippen LogP contribution in [-0.2, 0) is 0 Å². The van der Waals surface area contributed by atoms with E-state index in [1.54, 1.807) is 29.3 Å². The Morgan fingerprint density at radius 3 is 2.74 bits per heavy atom. The fraction of sp³-hybridized carbons (Fsp3) is 0.176. The minimum absolute atomic E-state index is 0.0221. The number of rotatable bonds is 3. The number of amides is 1. The molecule has 6 heteroatoms. The number of hydrogen-bond donors (Lipinski definition) is 0. The van der Waals surface area contributed by atoms with Gasteiger partial charge < -0.3 is 4.90 Å². The smallest absolute Gasteiger partial charge is 0.254 e. The maximum absolute atomic E-state index is 12.8. The van der Waals surface area contributed by atoms with Crippen molar-refractivity contribution in [2.45, 2.75) is 12.5 Å². The summed E-state index contributed by atoms with van der Waals surface area (Å²) in [5.74, 6) is 0.610. The molecule has 1 aliphatic rings. The maximum Gasteiger partial charge on any atom is 0.254 e. The third-order valence-corrected chi connectivity index (χ3v) is 4.11. The molecule has 4 rings (SSSR count). The Morgan fingerprint density at radius 1 is 1.17 bits per heavy atom. The fourth-order valence-electron chi connectivity index (χ4n) is 2.82. The zero-order chi connectivity index (χ0) is 15.6. The molecule has 114 valence electrons. The first-order valence-corrected chi connectivity index (χ1v) is 7.50. The standard InChI is InChI=1S/C17H15N5O/c23-17(21-9-7-15(21)13-4-2-1-3-5-13)14-6-8-19-16(10-14)22-12-18-11-20-22/h1-6,8,10-12,15H,7,9H2. The molecule has 1 amide bonds. The van der Waals surface area contributed by atoms with Crippen LogP contribution in [0, 0.1) is 0 Å². The molecular weight excluding hydrogens is 290 g/mol. The van der Waals surface area contributed by atoms with Crippen molar-refractivity contribution in [3.8, 4) is 5.82 Å². The van der Waals surface area contributed by atoms with Crippen molar-refractivity contribution in [1.29, 1.82) is 0 Å². The molecule has 1 unspecified atom stereocenters. The second-order valence-electron chi connectivity index (χ2n) is 5.46. The molecule has 0 N–H and O–H groups in total. The summed E-state index contributed by atoms with van der Waals surface area (Å²) >= 11 is 0. The minimum atomic E-state index is 0.0221. The van der Waals surface area contributed by atoms with Gasteiger partial charge in [0.15, 0.2) is 5.82 Å². The molecule has 3 aromatic rings. The van der Waals surface area contributed by atoms with Gasteiger partial charge in [0, 0.05) is 18.3 Å². The van der Waals surface area contributed by atoms with Crippen molar-refractivity contribution >= 4 is 5.91 Å². The SMILES string of the molecule is O=C(c1ccnc(-n2cncn2)c1)N1CCC1c1ccccc1. The lowest BCUT2D eigenvalue weighted by atomic mass is 9.94. The average molecular weight is 305 g/mol. The van der Waals surface area contributed by atoms with Gasteiger partial charge in [0.25, 0.3) is 5.91 Å². The molecule has 1 saturated heterocycles. The van der Waals surface area contributed by atoms with Crippen LogP contribution in [0.1, 0.15) is 28.4 Å². The largest absolute Gasteiger partial charge is 0.331 e.